The molecule has 21 heavy (non-hydrogen) atoms. The summed E-state index contributed by atoms with van der Waals surface area (Å²) in [7, 11) is 0. The first-order valence-corrected chi connectivity index (χ1v) is 7.96. The van der Waals surface area contributed by atoms with Crippen LogP contribution in [0.3, 0.4) is 0 Å². The van der Waals surface area contributed by atoms with Crippen molar-refractivity contribution in [3.63, 3.8) is 0 Å². The van der Waals surface area contributed by atoms with E-state index in [4.69, 9.17) is 0 Å². The van der Waals surface area contributed by atoms with Gasteiger partial charge in [0.05, 0.1) is 0 Å². The molecule has 0 heterocycles. The molecule has 5 nitrogen and oxygen atoms in total. The maximum atomic E-state index is 12.0. The second-order valence-corrected chi connectivity index (χ2v) is 7.55. The van der Waals surface area contributed by atoms with Crippen LogP contribution in [0.4, 0.5) is 4.79 Å². The maximum Gasteiger partial charge on any atom is 0.315 e. The van der Waals surface area contributed by atoms with Gasteiger partial charge in [-0.25, -0.2) is 4.79 Å². The van der Waals surface area contributed by atoms with Crippen LogP contribution >= 0.6 is 0 Å². The summed E-state index contributed by atoms with van der Waals surface area (Å²) in [4.78, 5) is 23.9. The number of amides is 3. The molecule has 5 heteroatoms. The summed E-state index contributed by atoms with van der Waals surface area (Å²) < 4.78 is 0. The van der Waals surface area contributed by atoms with E-state index in [1.165, 1.54) is 0 Å². The third-order valence-corrected chi connectivity index (χ3v) is 4.02. The largest absolute Gasteiger partial charge is 0.351 e. The molecule has 0 radical (unpaired) electrons. The lowest BCUT2D eigenvalue weighted by molar-refractivity contribution is -0.126. The highest BCUT2D eigenvalue weighted by Crippen LogP contribution is 2.35. The number of nitrogens with one attached hydrogen (secondary N) is 3. The Labute approximate surface area is 128 Å². The summed E-state index contributed by atoms with van der Waals surface area (Å²) >= 11 is 0. The van der Waals surface area contributed by atoms with Crippen molar-refractivity contribution in [3.8, 4) is 0 Å². The van der Waals surface area contributed by atoms with Crippen LogP contribution in [0.5, 0.6) is 0 Å². The van der Waals surface area contributed by atoms with Crippen molar-refractivity contribution in [2.24, 2.45) is 5.92 Å². The van der Waals surface area contributed by atoms with E-state index < -0.39 is 0 Å². The van der Waals surface area contributed by atoms with Crippen molar-refractivity contribution in [2.45, 2.75) is 84.3 Å². The lowest BCUT2D eigenvalue weighted by Gasteiger charge is -2.45. The van der Waals surface area contributed by atoms with Gasteiger partial charge in [-0.3, -0.25) is 4.79 Å². The molecule has 0 saturated heterocycles. The van der Waals surface area contributed by atoms with Crippen LogP contribution in [-0.4, -0.2) is 29.1 Å². The molecule has 2 unspecified atom stereocenters. The molecular formula is C16H31N3O2. The van der Waals surface area contributed by atoms with Crippen molar-refractivity contribution in [3.05, 3.63) is 0 Å². The Morgan fingerprint density at radius 2 is 1.48 bits per heavy atom. The zero-order valence-corrected chi connectivity index (χ0v) is 14.3. The minimum absolute atomic E-state index is 0.0211. The quantitative estimate of drug-likeness (QED) is 0.746. The predicted molar refractivity (Wildman–Crippen MR) is 85.1 cm³/mol. The highest BCUT2D eigenvalue weighted by molar-refractivity contribution is 5.78. The van der Waals surface area contributed by atoms with Gasteiger partial charge in [0.15, 0.2) is 0 Å². The Hall–Kier alpha value is -1.26. The van der Waals surface area contributed by atoms with Gasteiger partial charge >= 0.3 is 6.03 Å². The number of hydrogen-bond acceptors (Lipinski definition) is 2. The normalized spacial score (nSPS) is 29.3. The van der Waals surface area contributed by atoms with Gasteiger partial charge in [-0.1, -0.05) is 13.8 Å². The molecule has 2 atom stereocenters. The first-order chi connectivity index (χ1) is 9.55. The second-order valence-electron chi connectivity index (χ2n) is 7.55. The zero-order chi connectivity index (χ0) is 16.3. The average molecular weight is 297 g/mol. The van der Waals surface area contributed by atoms with Crippen LogP contribution in [-0.2, 0) is 4.79 Å². The summed E-state index contributed by atoms with van der Waals surface area (Å²) in [5, 5.41) is 9.10. The molecule has 0 aromatic carbocycles. The van der Waals surface area contributed by atoms with Crippen LogP contribution in [0.2, 0.25) is 0 Å². The van der Waals surface area contributed by atoms with E-state index in [0.29, 0.717) is 0 Å². The second kappa shape index (κ2) is 6.67. The standard InChI is InChI=1S/C16H31N3O2/c1-11(2)13(20)18-15(5)8-7-9-16(6,10-15)19-14(21)17-12(3)4/h11-12H,7-10H2,1-6H3,(H,18,20)(H2,17,19,21). The van der Waals surface area contributed by atoms with Gasteiger partial charge in [0.2, 0.25) is 5.91 Å². The Morgan fingerprint density at radius 1 is 0.952 bits per heavy atom. The summed E-state index contributed by atoms with van der Waals surface area (Å²) in [6.07, 6.45) is 3.64. The number of urea groups is 1. The fourth-order valence-electron chi connectivity index (χ4n) is 3.13. The minimum atomic E-state index is -0.282. The third kappa shape index (κ3) is 5.56. The average Bonchev–Trinajstić information content (AvgIpc) is 2.25. The zero-order valence-electron chi connectivity index (χ0n) is 14.3. The van der Waals surface area contributed by atoms with Crippen LogP contribution in [0.25, 0.3) is 0 Å². The van der Waals surface area contributed by atoms with E-state index >= 15 is 0 Å². The van der Waals surface area contributed by atoms with Crippen molar-refractivity contribution in [1.82, 2.24) is 16.0 Å². The van der Waals surface area contributed by atoms with Gasteiger partial charge in [0, 0.05) is 23.0 Å². The molecule has 0 bridgehead atoms. The topological polar surface area (TPSA) is 70.2 Å². The number of carbonyl (C=O) groups excluding carboxylic acids is 2. The molecule has 1 rings (SSSR count). The van der Waals surface area contributed by atoms with Crippen molar-refractivity contribution in [2.75, 3.05) is 0 Å². The first kappa shape index (κ1) is 17.8. The summed E-state index contributed by atoms with van der Waals surface area (Å²) in [5.74, 6) is 0.0561. The van der Waals surface area contributed by atoms with E-state index in [9.17, 15) is 9.59 Å². The van der Waals surface area contributed by atoms with E-state index in [0.717, 1.165) is 25.7 Å². The fourth-order valence-corrected chi connectivity index (χ4v) is 3.13. The Kier molecular flexibility index (Phi) is 5.65. The number of hydrogen-bond donors (Lipinski definition) is 3. The van der Waals surface area contributed by atoms with E-state index in [1.807, 2.05) is 27.7 Å². The Balaban J connectivity index is 2.69. The van der Waals surface area contributed by atoms with Gasteiger partial charge in [0.25, 0.3) is 0 Å². The summed E-state index contributed by atoms with van der Waals surface area (Å²) in [6.45, 7) is 11.8. The maximum absolute atomic E-state index is 12.0. The molecule has 0 aliphatic heterocycles. The lowest BCUT2D eigenvalue weighted by atomic mass is 9.72. The minimum Gasteiger partial charge on any atom is -0.351 e. The Morgan fingerprint density at radius 3 is 1.95 bits per heavy atom. The van der Waals surface area contributed by atoms with Gasteiger partial charge in [-0.2, -0.15) is 0 Å². The molecule has 3 N–H and O–H groups in total. The molecule has 1 aliphatic carbocycles. The van der Waals surface area contributed by atoms with Crippen molar-refractivity contribution in [1.29, 1.82) is 0 Å². The third-order valence-electron chi connectivity index (χ3n) is 4.02. The van der Waals surface area contributed by atoms with Gasteiger partial charge in [0.1, 0.15) is 0 Å². The number of rotatable bonds is 4. The highest BCUT2D eigenvalue weighted by Gasteiger charge is 2.41. The van der Waals surface area contributed by atoms with Gasteiger partial charge < -0.3 is 16.0 Å². The Bertz CT molecular complexity index is 395. The van der Waals surface area contributed by atoms with Gasteiger partial charge in [-0.05, 0) is 53.4 Å². The van der Waals surface area contributed by atoms with Crippen LogP contribution in [0.15, 0.2) is 0 Å². The van der Waals surface area contributed by atoms with Gasteiger partial charge in [-0.15, -0.1) is 0 Å². The molecule has 1 saturated carbocycles. The lowest BCUT2D eigenvalue weighted by Crippen LogP contribution is -2.61. The van der Waals surface area contributed by atoms with Crippen molar-refractivity contribution >= 4 is 11.9 Å². The summed E-state index contributed by atoms with van der Waals surface area (Å²) in [6, 6.07) is -0.0174. The highest BCUT2D eigenvalue weighted by atomic mass is 16.2. The van der Waals surface area contributed by atoms with E-state index in [1.54, 1.807) is 0 Å². The predicted octanol–water partition coefficient (Wildman–Crippen LogP) is 2.56. The van der Waals surface area contributed by atoms with E-state index in [2.05, 4.69) is 29.8 Å². The molecule has 122 valence electrons. The molecular weight excluding hydrogens is 266 g/mol. The molecule has 0 aromatic heterocycles. The molecule has 3 amide bonds. The van der Waals surface area contributed by atoms with Crippen LogP contribution in [0.1, 0.15) is 67.2 Å². The molecule has 0 spiro atoms. The molecule has 0 aromatic rings. The first-order valence-electron chi connectivity index (χ1n) is 7.96. The van der Waals surface area contributed by atoms with Crippen LogP contribution < -0.4 is 16.0 Å². The molecule has 1 fully saturated rings. The summed E-state index contributed by atoms with van der Waals surface area (Å²) in [5.41, 5.74) is -0.532. The van der Waals surface area contributed by atoms with E-state index in [-0.39, 0.29) is 35.0 Å². The molecule has 1 aliphatic rings. The van der Waals surface area contributed by atoms with Crippen LogP contribution in [0, 0.1) is 5.92 Å². The smallest absolute Gasteiger partial charge is 0.315 e. The number of carbonyl (C=O) groups is 2. The SMILES string of the molecule is CC(C)NC(=O)NC1(C)CCCC(C)(NC(=O)C(C)C)C1. The van der Waals surface area contributed by atoms with Crippen molar-refractivity contribution < 1.29 is 9.59 Å². The monoisotopic (exact) mass is 297 g/mol. The fraction of sp³-hybridized carbons (Fsp3) is 0.875.